The fraction of sp³-hybridized carbons (Fsp3) is 0.278. The summed E-state index contributed by atoms with van der Waals surface area (Å²) in [7, 11) is 1.68. The van der Waals surface area contributed by atoms with Crippen molar-refractivity contribution >= 4 is 23.0 Å². The normalized spacial score (nSPS) is 17.7. The number of anilines is 1. The van der Waals surface area contributed by atoms with Crippen LogP contribution in [-0.2, 0) is 6.42 Å². The molecule has 1 unspecified atom stereocenters. The average molecular weight is 328 g/mol. The summed E-state index contributed by atoms with van der Waals surface area (Å²) in [6.45, 7) is 2.80. The number of nitrogens with one attached hydrogen (secondary N) is 2. The van der Waals surface area contributed by atoms with Gasteiger partial charge in [-0.05, 0) is 29.9 Å². The Balaban J connectivity index is 1.65. The molecule has 1 fully saturated rings. The van der Waals surface area contributed by atoms with E-state index in [-0.39, 0.29) is 0 Å². The Morgan fingerprint density at radius 1 is 1.17 bits per heavy atom. The van der Waals surface area contributed by atoms with E-state index in [2.05, 4.69) is 46.6 Å². The lowest BCUT2D eigenvalue weighted by Gasteiger charge is -2.35. The molecule has 2 aromatic carbocycles. The molecule has 1 saturated heterocycles. The topological polar surface area (TPSA) is 28.9 Å². The second-order valence-electron chi connectivity index (χ2n) is 5.68. The van der Waals surface area contributed by atoms with Crippen LogP contribution in [-0.4, -0.2) is 32.1 Å². The molecule has 120 valence electrons. The van der Waals surface area contributed by atoms with Gasteiger partial charge in [0.05, 0.1) is 19.3 Å². The summed E-state index contributed by atoms with van der Waals surface area (Å²) in [5.74, 6) is 0.849. The molecule has 0 radical (unpaired) electrons. The highest BCUT2D eigenvalue weighted by Crippen LogP contribution is 2.20. The number of hydrogen-bond donors (Lipinski definition) is 2. The Morgan fingerprint density at radius 2 is 2.00 bits per heavy atom. The molecule has 3 rings (SSSR count). The number of benzene rings is 2. The number of rotatable bonds is 5. The second kappa shape index (κ2) is 7.44. The molecule has 0 saturated carbocycles. The molecule has 1 aliphatic rings. The molecule has 0 aliphatic carbocycles. The van der Waals surface area contributed by atoms with Crippen molar-refractivity contribution in [1.29, 1.82) is 0 Å². The molecule has 1 atom stereocenters. The number of methoxy groups -OCH3 is 1. The molecule has 1 aliphatic heterocycles. The fourth-order valence-corrected chi connectivity index (χ4v) is 3.01. The van der Waals surface area contributed by atoms with E-state index in [1.807, 2.05) is 18.2 Å². The smallest absolute Gasteiger partial charge is 0.182 e. The van der Waals surface area contributed by atoms with Crippen molar-refractivity contribution in [2.75, 3.05) is 31.9 Å². The van der Waals surface area contributed by atoms with Crippen LogP contribution in [0.3, 0.4) is 0 Å². The zero-order valence-electron chi connectivity index (χ0n) is 13.3. The largest absolute Gasteiger partial charge is 0.497 e. The van der Waals surface area contributed by atoms with Gasteiger partial charge in [-0.1, -0.05) is 36.4 Å². The van der Waals surface area contributed by atoms with Gasteiger partial charge >= 0.3 is 0 Å². The molecule has 2 N–H and O–H groups in total. The third-order valence-corrected chi connectivity index (χ3v) is 4.46. The summed E-state index contributed by atoms with van der Waals surface area (Å²) in [6, 6.07) is 18.6. The van der Waals surface area contributed by atoms with Gasteiger partial charge in [-0.3, -0.25) is 4.90 Å². The molecular formula is C18H22N3OS+. The SMILES string of the molecule is COc1cccc(N2C[NH+](CCc3ccccc3)CNC2=S)c1. The number of nitrogens with zero attached hydrogens (tertiary/aromatic N) is 1. The van der Waals surface area contributed by atoms with Crippen LogP contribution in [0.15, 0.2) is 54.6 Å². The van der Waals surface area contributed by atoms with E-state index >= 15 is 0 Å². The third-order valence-electron chi connectivity index (χ3n) is 4.09. The number of hydrogen-bond acceptors (Lipinski definition) is 2. The van der Waals surface area contributed by atoms with E-state index in [4.69, 9.17) is 17.0 Å². The molecule has 4 nitrogen and oxygen atoms in total. The van der Waals surface area contributed by atoms with Gasteiger partial charge in [0, 0.05) is 12.5 Å². The number of quaternary nitrogens is 1. The monoisotopic (exact) mass is 328 g/mol. The minimum absolute atomic E-state index is 0.779. The lowest BCUT2D eigenvalue weighted by molar-refractivity contribution is -0.902. The molecular weight excluding hydrogens is 306 g/mol. The zero-order valence-corrected chi connectivity index (χ0v) is 14.1. The van der Waals surface area contributed by atoms with Crippen molar-refractivity contribution in [3.8, 4) is 5.75 Å². The van der Waals surface area contributed by atoms with E-state index in [1.165, 1.54) is 10.5 Å². The van der Waals surface area contributed by atoms with E-state index in [9.17, 15) is 0 Å². The summed E-state index contributed by atoms with van der Waals surface area (Å²) in [5.41, 5.74) is 2.44. The molecule has 0 amide bonds. The van der Waals surface area contributed by atoms with Crippen molar-refractivity contribution in [1.82, 2.24) is 5.32 Å². The van der Waals surface area contributed by atoms with Crippen molar-refractivity contribution in [3.05, 3.63) is 60.2 Å². The lowest BCUT2D eigenvalue weighted by atomic mass is 10.1. The summed E-state index contributed by atoms with van der Waals surface area (Å²) < 4.78 is 5.32. The summed E-state index contributed by atoms with van der Waals surface area (Å²) in [4.78, 5) is 3.60. The number of thiocarbonyl (C=S) groups is 1. The van der Waals surface area contributed by atoms with Crippen LogP contribution < -0.4 is 19.9 Å². The van der Waals surface area contributed by atoms with Crippen LogP contribution in [0.4, 0.5) is 5.69 Å². The predicted molar refractivity (Wildman–Crippen MR) is 96.9 cm³/mol. The Morgan fingerprint density at radius 3 is 2.78 bits per heavy atom. The maximum Gasteiger partial charge on any atom is 0.182 e. The van der Waals surface area contributed by atoms with Crippen LogP contribution in [0.1, 0.15) is 5.56 Å². The zero-order chi connectivity index (χ0) is 16.1. The van der Waals surface area contributed by atoms with Crippen LogP contribution >= 0.6 is 12.2 Å². The van der Waals surface area contributed by atoms with Crippen LogP contribution in [0.25, 0.3) is 0 Å². The molecule has 0 bridgehead atoms. The third kappa shape index (κ3) is 4.00. The van der Waals surface area contributed by atoms with Gasteiger partial charge in [0.25, 0.3) is 0 Å². The highest BCUT2D eigenvalue weighted by molar-refractivity contribution is 7.80. The first-order chi connectivity index (χ1) is 11.3. The Kier molecular flexibility index (Phi) is 5.10. The van der Waals surface area contributed by atoms with Crippen LogP contribution in [0.5, 0.6) is 5.75 Å². The highest BCUT2D eigenvalue weighted by atomic mass is 32.1. The maximum atomic E-state index is 5.48. The van der Waals surface area contributed by atoms with Crippen molar-refractivity contribution in [2.45, 2.75) is 6.42 Å². The van der Waals surface area contributed by atoms with E-state index in [0.717, 1.165) is 42.9 Å². The quantitative estimate of drug-likeness (QED) is 0.813. The minimum Gasteiger partial charge on any atom is -0.497 e. The molecule has 1 heterocycles. The number of ether oxygens (including phenoxy) is 1. The van der Waals surface area contributed by atoms with Gasteiger partial charge in [-0.25, -0.2) is 0 Å². The van der Waals surface area contributed by atoms with Gasteiger partial charge in [0.1, 0.15) is 5.75 Å². The van der Waals surface area contributed by atoms with Crippen LogP contribution in [0.2, 0.25) is 0 Å². The van der Waals surface area contributed by atoms with Crippen LogP contribution in [0, 0.1) is 0 Å². The van der Waals surface area contributed by atoms with Gasteiger partial charge in [0.2, 0.25) is 0 Å². The van der Waals surface area contributed by atoms with E-state index in [1.54, 1.807) is 7.11 Å². The molecule has 5 heteroatoms. The van der Waals surface area contributed by atoms with Gasteiger partial charge in [-0.2, -0.15) is 0 Å². The fourth-order valence-electron chi connectivity index (χ4n) is 2.77. The van der Waals surface area contributed by atoms with Crippen molar-refractivity contribution in [2.24, 2.45) is 0 Å². The first kappa shape index (κ1) is 15.8. The molecule has 0 aromatic heterocycles. The van der Waals surface area contributed by atoms with E-state index in [0.29, 0.717) is 0 Å². The molecule has 23 heavy (non-hydrogen) atoms. The minimum atomic E-state index is 0.779. The van der Waals surface area contributed by atoms with Crippen molar-refractivity contribution in [3.63, 3.8) is 0 Å². The standard InChI is InChI=1S/C18H21N3OS/c1-22-17-9-5-8-16(12-17)21-14-20(13-19-18(21)23)11-10-15-6-3-2-4-7-15/h2-9,12H,10-11,13-14H2,1H3,(H,19,23)/p+1. The first-order valence-electron chi connectivity index (χ1n) is 7.83. The summed E-state index contributed by atoms with van der Waals surface area (Å²) >= 11 is 5.48. The molecule has 0 spiro atoms. The first-order valence-corrected chi connectivity index (χ1v) is 8.24. The van der Waals surface area contributed by atoms with Gasteiger partial charge < -0.3 is 15.0 Å². The highest BCUT2D eigenvalue weighted by Gasteiger charge is 2.24. The van der Waals surface area contributed by atoms with Gasteiger partial charge in [0.15, 0.2) is 18.4 Å². The molecule has 2 aromatic rings. The average Bonchev–Trinajstić information content (AvgIpc) is 2.62. The van der Waals surface area contributed by atoms with Gasteiger partial charge in [-0.15, -0.1) is 0 Å². The van der Waals surface area contributed by atoms with E-state index < -0.39 is 0 Å². The Bertz CT molecular complexity index is 662. The second-order valence-corrected chi connectivity index (χ2v) is 6.07. The maximum absolute atomic E-state index is 5.48. The summed E-state index contributed by atoms with van der Waals surface area (Å²) in [6.07, 6.45) is 1.07. The summed E-state index contributed by atoms with van der Waals surface area (Å²) in [5, 5.41) is 4.11. The Hall–Kier alpha value is -2.11. The lowest BCUT2D eigenvalue weighted by Crippen LogP contribution is -3.17. The predicted octanol–water partition coefficient (Wildman–Crippen LogP) is 1.43. The Labute approximate surface area is 142 Å². The van der Waals surface area contributed by atoms with Crippen molar-refractivity contribution < 1.29 is 9.64 Å².